The minimum atomic E-state index is -0.593. The second-order valence-corrected chi connectivity index (χ2v) is 8.76. The topological polar surface area (TPSA) is 72.8 Å². The van der Waals surface area contributed by atoms with Gasteiger partial charge in [0.25, 0.3) is 0 Å². The van der Waals surface area contributed by atoms with Crippen molar-refractivity contribution in [1.82, 2.24) is 0 Å². The molecule has 1 N–H and O–H groups in total. The first-order valence-electron chi connectivity index (χ1n) is 10.8. The van der Waals surface area contributed by atoms with E-state index in [0.717, 1.165) is 32.1 Å². The zero-order valence-corrected chi connectivity index (χ0v) is 17.3. The normalized spacial score (nSPS) is 36.1. The van der Waals surface area contributed by atoms with Gasteiger partial charge in [-0.2, -0.15) is 0 Å². The number of esters is 2. The van der Waals surface area contributed by atoms with Crippen LogP contribution in [-0.2, 0) is 19.1 Å². The maximum absolute atomic E-state index is 12.4. The van der Waals surface area contributed by atoms with Gasteiger partial charge < -0.3 is 14.6 Å². The van der Waals surface area contributed by atoms with Crippen LogP contribution in [0, 0.1) is 23.7 Å². The smallest absolute Gasteiger partial charge is 0.308 e. The molecule has 2 aliphatic carbocycles. The van der Waals surface area contributed by atoms with Crippen LogP contribution in [0.1, 0.15) is 65.7 Å². The highest BCUT2D eigenvalue weighted by Gasteiger charge is 2.40. The lowest BCUT2D eigenvalue weighted by Gasteiger charge is -2.42. The van der Waals surface area contributed by atoms with Gasteiger partial charge >= 0.3 is 11.9 Å². The van der Waals surface area contributed by atoms with Crippen LogP contribution < -0.4 is 0 Å². The maximum Gasteiger partial charge on any atom is 0.308 e. The zero-order valence-electron chi connectivity index (χ0n) is 17.3. The first kappa shape index (κ1) is 21.1. The van der Waals surface area contributed by atoms with E-state index in [1.807, 2.05) is 13.8 Å². The summed E-state index contributed by atoms with van der Waals surface area (Å²) >= 11 is 0. The van der Waals surface area contributed by atoms with Crippen LogP contribution in [0.25, 0.3) is 0 Å². The lowest BCUT2D eigenvalue weighted by molar-refractivity contribution is -0.162. The van der Waals surface area contributed by atoms with Gasteiger partial charge in [0.1, 0.15) is 12.2 Å². The number of cyclic esters (lactones) is 1. The Hall–Kier alpha value is -1.62. The Morgan fingerprint density at radius 3 is 2.89 bits per heavy atom. The molecule has 0 aromatic rings. The van der Waals surface area contributed by atoms with Crippen molar-refractivity contribution in [3.05, 3.63) is 23.8 Å². The number of aliphatic hydroxyl groups excluding tert-OH is 1. The highest BCUT2D eigenvalue weighted by atomic mass is 16.5. The molecule has 5 heteroatoms. The Labute approximate surface area is 168 Å². The van der Waals surface area contributed by atoms with E-state index in [-0.39, 0.29) is 42.4 Å². The predicted octanol–water partition coefficient (Wildman–Crippen LogP) is 3.95. The quantitative estimate of drug-likeness (QED) is 0.695. The molecule has 1 aliphatic heterocycles. The zero-order chi connectivity index (χ0) is 20.3. The molecular formula is C23H34O5. The van der Waals surface area contributed by atoms with Crippen molar-refractivity contribution in [3.8, 4) is 0 Å². The molecule has 1 saturated heterocycles. The van der Waals surface area contributed by atoms with Crippen molar-refractivity contribution >= 4 is 11.9 Å². The summed E-state index contributed by atoms with van der Waals surface area (Å²) in [6, 6.07) is 0. The predicted molar refractivity (Wildman–Crippen MR) is 106 cm³/mol. The van der Waals surface area contributed by atoms with Crippen LogP contribution in [0.4, 0.5) is 0 Å². The number of ether oxygens (including phenoxy) is 2. The molecule has 0 bridgehead atoms. The first-order valence-corrected chi connectivity index (χ1v) is 10.8. The largest absolute Gasteiger partial charge is 0.462 e. The lowest BCUT2D eigenvalue weighted by Crippen LogP contribution is -2.40. The molecule has 0 aromatic carbocycles. The Bertz CT molecular complexity index is 637. The molecule has 0 amide bonds. The third-order valence-corrected chi connectivity index (χ3v) is 6.69. The molecule has 0 aromatic heterocycles. The number of fused-ring (bicyclic) bond motifs is 1. The molecular weight excluding hydrogens is 356 g/mol. The second kappa shape index (κ2) is 9.25. The lowest BCUT2D eigenvalue weighted by atomic mass is 9.66. The van der Waals surface area contributed by atoms with Gasteiger partial charge in [0.05, 0.1) is 18.4 Å². The number of rotatable bonds is 6. The van der Waals surface area contributed by atoms with Crippen LogP contribution >= 0.6 is 0 Å². The number of aliphatic hydroxyl groups is 1. The average molecular weight is 391 g/mol. The molecule has 28 heavy (non-hydrogen) atoms. The first-order chi connectivity index (χ1) is 13.4. The average Bonchev–Trinajstić information content (AvgIpc) is 2.66. The van der Waals surface area contributed by atoms with Crippen LogP contribution in [0.5, 0.6) is 0 Å². The molecule has 0 radical (unpaired) electrons. The number of carbonyl (C=O) groups excluding carboxylic acids is 2. The minimum absolute atomic E-state index is 0.0764. The molecule has 1 fully saturated rings. The molecule has 3 rings (SSSR count). The summed E-state index contributed by atoms with van der Waals surface area (Å²) < 4.78 is 11.4. The van der Waals surface area contributed by atoms with Crippen LogP contribution in [-0.4, -0.2) is 35.4 Å². The van der Waals surface area contributed by atoms with Gasteiger partial charge in [-0.3, -0.25) is 9.59 Å². The summed E-state index contributed by atoms with van der Waals surface area (Å²) in [6.45, 7) is 6.14. The number of carbonyl (C=O) groups is 2. The third kappa shape index (κ3) is 4.86. The molecule has 7 atom stereocenters. The summed E-state index contributed by atoms with van der Waals surface area (Å²) in [7, 11) is 0. The Kier molecular flexibility index (Phi) is 6.97. The van der Waals surface area contributed by atoms with Gasteiger partial charge in [-0.05, 0) is 49.5 Å². The van der Waals surface area contributed by atoms with Gasteiger partial charge in [0, 0.05) is 12.3 Å². The van der Waals surface area contributed by atoms with Crippen LogP contribution in [0.3, 0.4) is 0 Å². The van der Waals surface area contributed by atoms with Gasteiger partial charge in [0.2, 0.25) is 0 Å². The van der Waals surface area contributed by atoms with E-state index in [9.17, 15) is 14.7 Å². The Balaban J connectivity index is 1.70. The number of allylic oxidation sites excluding steroid dienone is 3. The Morgan fingerprint density at radius 1 is 1.39 bits per heavy atom. The van der Waals surface area contributed by atoms with Crippen LogP contribution in [0.2, 0.25) is 0 Å². The van der Waals surface area contributed by atoms with E-state index < -0.39 is 6.10 Å². The molecule has 156 valence electrons. The van der Waals surface area contributed by atoms with Crippen molar-refractivity contribution in [2.75, 3.05) is 0 Å². The maximum atomic E-state index is 12.4. The second-order valence-electron chi connectivity index (χ2n) is 8.76. The van der Waals surface area contributed by atoms with Crippen molar-refractivity contribution in [1.29, 1.82) is 0 Å². The third-order valence-electron chi connectivity index (χ3n) is 6.69. The van der Waals surface area contributed by atoms with Crippen molar-refractivity contribution in [3.63, 3.8) is 0 Å². The van der Waals surface area contributed by atoms with E-state index in [2.05, 4.69) is 25.2 Å². The summed E-state index contributed by atoms with van der Waals surface area (Å²) in [6.07, 6.45) is 10.6. The van der Waals surface area contributed by atoms with E-state index in [0.29, 0.717) is 18.3 Å². The molecule has 3 aliphatic rings. The molecule has 0 spiro atoms. The standard InChI is InChI=1S/C23H34O5/c1-4-14(2)23(26)28-20-7-5-6-16-9-8-15(3)19(22(16)20)11-10-18-12-17(24)13-21(25)27-18/h6,8-9,14-15,17-20,22,24H,4-5,7,10-13H2,1-3H3/t14-,15-,17+,18?,19?,20?,22-/m0/s1. The summed E-state index contributed by atoms with van der Waals surface area (Å²) in [5.74, 6) is 0.426. The van der Waals surface area contributed by atoms with Gasteiger partial charge in [0.15, 0.2) is 0 Å². The van der Waals surface area contributed by atoms with Gasteiger partial charge in [-0.1, -0.05) is 39.0 Å². The van der Waals surface area contributed by atoms with E-state index in [1.54, 1.807) is 0 Å². The van der Waals surface area contributed by atoms with Gasteiger partial charge in [-0.15, -0.1) is 0 Å². The molecule has 1 heterocycles. The highest BCUT2D eigenvalue weighted by molar-refractivity contribution is 5.72. The Morgan fingerprint density at radius 2 is 2.18 bits per heavy atom. The van der Waals surface area contributed by atoms with E-state index >= 15 is 0 Å². The highest BCUT2D eigenvalue weighted by Crippen LogP contribution is 2.44. The van der Waals surface area contributed by atoms with Crippen molar-refractivity contribution in [2.24, 2.45) is 23.7 Å². The fourth-order valence-corrected chi connectivity index (χ4v) is 4.80. The van der Waals surface area contributed by atoms with Crippen molar-refractivity contribution in [2.45, 2.75) is 84.0 Å². The SMILES string of the molecule is CC[C@H](C)C(=O)OC1CCC=C2C=C[C@H](C)C(CCC3C[C@@H](O)CC(=O)O3)[C@H]21. The number of hydrogen-bond acceptors (Lipinski definition) is 5. The fraction of sp³-hybridized carbons (Fsp3) is 0.739. The summed E-state index contributed by atoms with van der Waals surface area (Å²) in [5, 5.41) is 9.86. The van der Waals surface area contributed by atoms with Crippen molar-refractivity contribution < 1.29 is 24.2 Å². The molecule has 5 nitrogen and oxygen atoms in total. The minimum Gasteiger partial charge on any atom is -0.462 e. The fourth-order valence-electron chi connectivity index (χ4n) is 4.80. The summed E-state index contributed by atoms with van der Waals surface area (Å²) in [4.78, 5) is 24.1. The number of hydrogen-bond donors (Lipinski definition) is 1. The monoisotopic (exact) mass is 390 g/mol. The van der Waals surface area contributed by atoms with Crippen LogP contribution in [0.15, 0.2) is 23.8 Å². The summed E-state index contributed by atoms with van der Waals surface area (Å²) in [5.41, 5.74) is 1.27. The molecule has 3 unspecified atom stereocenters. The van der Waals surface area contributed by atoms with E-state index in [1.165, 1.54) is 5.57 Å². The van der Waals surface area contributed by atoms with E-state index in [4.69, 9.17) is 9.47 Å². The molecule has 0 saturated carbocycles. The van der Waals surface area contributed by atoms with Gasteiger partial charge in [-0.25, -0.2) is 0 Å².